The summed E-state index contributed by atoms with van der Waals surface area (Å²) in [5, 5.41) is 18.4. The van der Waals surface area contributed by atoms with Crippen molar-refractivity contribution in [1.82, 2.24) is 9.55 Å². The Labute approximate surface area is 224 Å². The number of nitriles is 1. The van der Waals surface area contributed by atoms with E-state index in [-0.39, 0.29) is 37.7 Å². The van der Waals surface area contributed by atoms with Crippen molar-refractivity contribution in [1.29, 1.82) is 5.26 Å². The molecule has 0 radical (unpaired) electrons. The smallest absolute Gasteiger partial charge is 0.453 e. The van der Waals surface area contributed by atoms with Crippen LogP contribution in [0.5, 0.6) is 17.2 Å². The van der Waals surface area contributed by atoms with Crippen LogP contribution in [0, 0.1) is 25.2 Å². The number of nitrogens with one attached hydrogen (secondary N) is 1. The van der Waals surface area contributed by atoms with Crippen molar-refractivity contribution in [3.8, 4) is 33.8 Å². The van der Waals surface area contributed by atoms with Crippen LogP contribution in [0.2, 0.25) is 0 Å². The SMILES string of the molecule is Cc1cc(Oc2ccc(-c3sc4c(c3C)c(=O)[nH]c(=O)n4C[C@@H](O)C(F)(F)F)cc2OC(F)(F)F)ccc1C#N. The van der Waals surface area contributed by atoms with Gasteiger partial charge in [0.25, 0.3) is 5.56 Å². The Bertz CT molecular complexity index is 1760. The summed E-state index contributed by atoms with van der Waals surface area (Å²) >= 11 is 0.683. The quantitative estimate of drug-likeness (QED) is 0.288. The number of nitrogens with zero attached hydrogens (tertiary/aromatic N) is 2. The molecule has 2 aromatic carbocycles. The van der Waals surface area contributed by atoms with Gasteiger partial charge in [-0.25, -0.2) is 4.79 Å². The molecule has 4 rings (SSSR count). The van der Waals surface area contributed by atoms with Crippen molar-refractivity contribution in [3.63, 3.8) is 0 Å². The van der Waals surface area contributed by atoms with Gasteiger partial charge in [0.15, 0.2) is 17.6 Å². The Balaban J connectivity index is 1.84. The molecule has 0 fully saturated rings. The number of aliphatic hydroxyl groups excluding tert-OH is 1. The minimum absolute atomic E-state index is 0.0797. The van der Waals surface area contributed by atoms with E-state index in [1.54, 1.807) is 6.92 Å². The lowest BCUT2D eigenvalue weighted by molar-refractivity contribution is -0.275. The van der Waals surface area contributed by atoms with Gasteiger partial charge in [0.2, 0.25) is 0 Å². The molecule has 0 bridgehead atoms. The fourth-order valence-electron chi connectivity index (χ4n) is 3.88. The molecule has 2 aromatic heterocycles. The number of aliphatic hydroxyl groups is 1. The standard InChI is InChI=1S/C25H17F6N3O5S/c1-11-7-15(5-3-14(11)9-32)38-16-6-4-13(8-17(16)39-25(29,30)31)20-12(2)19-21(36)33-23(37)34(22(19)40-20)10-18(35)24(26,27)28/h3-8,18,35H,10H2,1-2H3,(H,33,36,37)/t18-/m1/s1. The maximum atomic E-state index is 13.3. The lowest BCUT2D eigenvalue weighted by Crippen LogP contribution is -2.38. The van der Waals surface area contributed by atoms with E-state index in [0.717, 1.165) is 6.07 Å². The van der Waals surface area contributed by atoms with E-state index in [2.05, 4.69) is 4.74 Å². The van der Waals surface area contributed by atoms with Crippen LogP contribution in [-0.2, 0) is 6.54 Å². The molecule has 210 valence electrons. The fourth-order valence-corrected chi connectivity index (χ4v) is 5.19. The monoisotopic (exact) mass is 585 g/mol. The summed E-state index contributed by atoms with van der Waals surface area (Å²) in [6.07, 6.45) is -13.1. The molecule has 0 saturated carbocycles. The number of hydrogen-bond acceptors (Lipinski definition) is 7. The summed E-state index contributed by atoms with van der Waals surface area (Å²) in [5.74, 6) is -0.984. The molecule has 40 heavy (non-hydrogen) atoms. The van der Waals surface area contributed by atoms with Crippen molar-refractivity contribution >= 4 is 21.6 Å². The zero-order valence-electron chi connectivity index (χ0n) is 20.4. The molecule has 0 unspecified atom stereocenters. The van der Waals surface area contributed by atoms with Crippen LogP contribution in [0.4, 0.5) is 26.3 Å². The number of ether oxygens (including phenoxy) is 2. The minimum atomic E-state index is -5.13. The summed E-state index contributed by atoms with van der Waals surface area (Å²) in [4.78, 5) is 26.7. The maximum absolute atomic E-state index is 13.3. The maximum Gasteiger partial charge on any atom is 0.573 e. The highest BCUT2D eigenvalue weighted by Gasteiger charge is 2.39. The molecule has 0 aliphatic heterocycles. The van der Waals surface area contributed by atoms with Gasteiger partial charge in [-0.3, -0.25) is 14.3 Å². The van der Waals surface area contributed by atoms with Crippen LogP contribution in [0.25, 0.3) is 20.7 Å². The molecule has 2 N–H and O–H groups in total. The van der Waals surface area contributed by atoms with Gasteiger partial charge in [-0.15, -0.1) is 24.5 Å². The number of hydrogen-bond donors (Lipinski definition) is 2. The van der Waals surface area contributed by atoms with E-state index in [9.17, 15) is 41.0 Å². The van der Waals surface area contributed by atoms with Crippen molar-refractivity contribution < 1.29 is 40.9 Å². The fraction of sp³-hybridized carbons (Fsp3) is 0.240. The number of aromatic amines is 1. The zero-order valence-corrected chi connectivity index (χ0v) is 21.2. The second kappa shape index (κ2) is 10.4. The zero-order chi connectivity index (χ0) is 29.6. The van der Waals surface area contributed by atoms with Crippen molar-refractivity contribution in [2.75, 3.05) is 0 Å². The largest absolute Gasteiger partial charge is 0.573 e. The molecule has 0 spiro atoms. The molecule has 8 nitrogen and oxygen atoms in total. The van der Waals surface area contributed by atoms with Crippen LogP contribution in [0.1, 0.15) is 16.7 Å². The van der Waals surface area contributed by atoms with Crippen molar-refractivity contribution in [3.05, 3.63) is 73.9 Å². The van der Waals surface area contributed by atoms with Gasteiger partial charge in [0.1, 0.15) is 10.6 Å². The van der Waals surface area contributed by atoms with Gasteiger partial charge in [-0.1, -0.05) is 0 Å². The molecule has 2 heterocycles. The van der Waals surface area contributed by atoms with Crippen LogP contribution in [0.15, 0.2) is 46.0 Å². The number of H-pyrrole nitrogens is 1. The van der Waals surface area contributed by atoms with Gasteiger partial charge >= 0.3 is 18.2 Å². The average Bonchev–Trinajstić information content (AvgIpc) is 3.18. The molecule has 4 aromatic rings. The second-order valence-corrected chi connectivity index (χ2v) is 9.56. The highest BCUT2D eigenvalue weighted by molar-refractivity contribution is 7.22. The van der Waals surface area contributed by atoms with Crippen LogP contribution >= 0.6 is 11.3 Å². The highest BCUT2D eigenvalue weighted by atomic mass is 32.1. The van der Waals surface area contributed by atoms with Crippen LogP contribution in [0.3, 0.4) is 0 Å². The third-order valence-electron chi connectivity index (χ3n) is 5.78. The second-order valence-electron chi connectivity index (χ2n) is 8.56. The number of rotatable bonds is 6. The number of aryl methyl sites for hydroxylation is 2. The molecule has 0 saturated heterocycles. The van der Waals surface area contributed by atoms with E-state index in [4.69, 9.17) is 10.00 Å². The first-order valence-electron chi connectivity index (χ1n) is 11.2. The van der Waals surface area contributed by atoms with Gasteiger partial charge in [-0.2, -0.15) is 18.4 Å². The molecule has 1 atom stereocenters. The summed E-state index contributed by atoms with van der Waals surface area (Å²) in [6, 6.07) is 9.69. The number of benzene rings is 2. The predicted octanol–water partition coefficient (Wildman–Crippen LogP) is 5.52. The number of alkyl halides is 6. The van der Waals surface area contributed by atoms with Gasteiger partial charge in [0, 0.05) is 4.88 Å². The van der Waals surface area contributed by atoms with E-state index in [1.807, 2.05) is 11.1 Å². The Morgan fingerprint density at radius 2 is 1.77 bits per heavy atom. The Kier molecular flexibility index (Phi) is 7.43. The summed E-state index contributed by atoms with van der Waals surface area (Å²) in [5.41, 5.74) is -1.01. The van der Waals surface area contributed by atoms with E-state index < -0.39 is 42.2 Å². The summed E-state index contributed by atoms with van der Waals surface area (Å²) < 4.78 is 89.0. The van der Waals surface area contributed by atoms with E-state index >= 15 is 0 Å². The third kappa shape index (κ3) is 5.82. The predicted molar refractivity (Wildman–Crippen MR) is 132 cm³/mol. The number of thiophene rings is 1. The van der Waals surface area contributed by atoms with Gasteiger partial charge in [-0.05, 0) is 66.9 Å². The first kappa shape index (κ1) is 28.7. The molecule has 15 heteroatoms. The first-order chi connectivity index (χ1) is 18.6. The Hall–Kier alpha value is -4.29. The van der Waals surface area contributed by atoms with E-state index in [0.29, 0.717) is 27.0 Å². The third-order valence-corrected chi connectivity index (χ3v) is 7.14. The van der Waals surface area contributed by atoms with Crippen LogP contribution in [-0.4, -0.2) is 33.3 Å². The normalized spacial score (nSPS) is 12.8. The Morgan fingerprint density at radius 1 is 1.07 bits per heavy atom. The molecule has 0 aliphatic carbocycles. The molecule has 0 amide bonds. The minimum Gasteiger partial charge on any atom is -0.453 e. The molecular formula is C25H17F6N3O5S. The van der Waals surface area contributed by atoms with Crippen LogP contribution < -0.4 is 20.7 Å². The highest BCUT2D eigenvalue weighted by Crippen LogP contribution is 2.42. The molecule has 0 aliphatic rings. The van der Waals surface area contributed by atoms with E-state index in [1.165, 1.54) is 37.3 Å². The van der Waals surface area contributed by atoms with Crippen molar-refractivity contribution in [2.24, 2.45) is 0 Å². The Morgan fingerprint density at radius 3 is 2.38 bits per heavy atom. The topological polar surface area (TPSA) is 117 Å². The average molecular weight is 585 g/mol. The van der Waals surface area contributed by atoms with Crippen molar-refractivity contribution in [2.45, 2.75) is 39.0 Å². The van der Waals surface area contributed by atoms with Gasteiger partial charge < -0.3 is 14.6 Å². The summed E-state index contributed by atoms with van der Waals surface area (Å²) in [6.45, 7) is 1.81. The van der Waals surface area contributed by atoms with Gasteiger partial charge in [0.05, 0.1) is 23.6 Å². The summed E-state index contributed by atoms with van der Waals surface area (Å²) in [7, 11) is 0. The lowest BCUT2D eigenvalue weighted by atomic mass is 10.1. The number of halogens is 6. The number of aromatic nitrogens is 2. The molecular weight excluding hydrogens is 568 g/mol. The number of fused-ring (bicyclic) bond motifs is 1. The lowest BCUT2D eigenvalue weighted by Gasteiger charge is -2.16. The first-order valence-corrected chi connectivity index (χ1v) is 12.0.